The monoisotopic (exact) mass is 706 g/mol. The highest BCUT2D eigenvalue weighted by atomic mass is 32.2. The van der Waals surface area contributed by atoms with Crippen LogP contribution in [-0.2, 0) is 23.4 Å². The summed E-state index contributed by atoms with van der Waals surface area (Å²) in [5.74, 6) is -5.18. The maximum absolute atomic E-state index is 14.5. The summed E-state index contributed by atoms with van der Waals surface area (Å²) >= 11 is 1.05. The minimum absolute atomic E-state index is 0.0573. The molecule has 1 aliphatic heterocycles. The summed E-state index contributed by atoms with van der Waals surface area (Å²) in [6, 6.07) is 14.2. The normalized spacial score (nSPS) is 13.3. The fourth-order valence-corrected chi connectivity index (χ4v) is 5.36. The molecule has 1 amide bonds. The average molecular weight is 707 g/mol. The summed E-state index contributed by atoms with van der Waals surface area (Å²) in [6.07, 6.45) is -7.70. The van der Waals surface area contributed by atoms with Gasteiger partial charge in [-0.15, -0.1) is 0 Å². The number of thioether (sulfide) groups is 1. The first-order valence-electron chi connectivity index (χ1n) is 14.6. The lowest BCUT2D eigenvalue weighted by atomic mass is 9.96. The first-order chi connectivity index (χ1) is 23.0. The molecule has 49 heavy (non-hydrogen) atoms. The Morgan fingerprint density at radius 2 is 1.63 bits per heavy atom. The molecule has 2 N–H and O–H groups in total. The number of benzene rings is 3. The number of carboxylic acid groups (broad SMARTS) is 1. The van der Waals surface area contributed by atoms with E-state index in [-0.39, 0.29) is 42.0 Å². The quantitative estimate of drug-likeness (QED) is 0.0989. The van der Waals surface area contributed by atoms with Crippen molar-refractivity contribution in [2.75, 3.05) is 11.4 Å². The summed E-state index contributed by atoms with van der Waals surface area (Å²) in [5.41, 5.74) is 2.59. The number of halogens is 7. The van der Waals surface area contributed by atoms with E-state index in [0.717, 1.165) is 23.9 Å². The van der Waals surface area contributed by atoms with Crippen LogP contribution in [0.4, 0.5) is 36.4 Å². The second kappa shape index (κ2) is 15.1. The molecule has 258 valence electrons. The molecule has 0 aliphatic carbocycles. The lowest BCUT2D eigenvalue weighted by Crippen LogP contribution is -2.26. The van der Waals surface area contributed by atoms with Crippen molar-refractivity contribution < 1.29 is 50.2 Å². The largest absolute Gasteiger partial charge is 0.481 e. The van der Waals surface area contributed by atoms with Crippen molar-refractivity contribution in [2.45, 2.75) is 44.5 Å². The zero-order valence-electron chi connectivity index (χ0n) is 25.8. The second-order valence-electron chi connectivity index (χ2n) is 10.7. The molecule has 0 aromatic heterocycles. The second-order valence-corrected chi connectivity index (χ2v) is 11.5. The summed E-state index contributed by atoms with van der Waals surface area (Å²) in [7, 11) is 0. The van der Waals surface area contributed by atoms with Crippen LogP contribution in [0.3, 0.4) is 0 Å². The zero-order valence-corrected chi connectivity index (χ0v) is 26.6. The van der Waals surface area contributed by atoms with Crippen molar-refractivity contribution in [3.05, 3.63) is 129 Å². The number of carboxylic acids is 1. The maximum atomic E-state index is 14.5. The van der Waals surface area contributed by atoms with Gasteiger partial charge in [0.25, 0.3) is 11.8 Å². The van der Waals surface area contributed by atoms with E-state index in [2.05, 4.69) is 22.4 Å². The maximum Gasteiger partial charge on any atom is 0.419 e. The standard InChI is InChI=1S/C35H29F7N2O4S/c1-3-33(36,37)26-17-25(18-27(19-26)35(40,41)42)24-9-14-30(49-21-24)44(28-10-12-29(13-11-28)48-34(38,39)4-2)20-22-5-7-23(8-6-22)32(47)43-16-15-31(45)46/h4-13,17-19,21H,2-3,15-16,20H2,1H3,(H,43,47)(H,45,46). The molecule has 3 aromatic carbocycles. The number of anilines is 1. The van der Waals surface area contributed by atoms with Gasteiger partial charge in [-0.05, 0) is 82.8 Å². The van der Waals surface area contributed by atoms with Gasteiger partial charge < -0.3 is 20.1 Å². The molecule has 0 unspecified atom stereocenters. The van der Waals surface area contributed by atoms with Crippen molar-refractivity contribution in [3.63, 3.8) is 0 Å². The van der Waals surface area contributed by atoms with Gasteiger partial charge >= 0.3 is 18.3 Å². The first kappa shape index (κ1) is 36.9. The number of hydrogen-bond acceptors (Lipinski definition) is 5. The van der Waals surface area contributed by atoms with E-state index < -0.39 is 47.6 Å². The van der Waals surface area contributed by atoms with Crippen LogP contribution in [0.2, 0.25) is 0 Å². The number of aliphatic carboxylic acids is 1. The zero-order chi connectivity index (χ0) is 36.0. The van der Waals surface area contributed by atoms with Crippen LogP contribution in [0.25, 0.3) is 5.57 Å². The van der Waals surface area contributed by atoms with Crippen LogP contribution in [-0.4, -0.2) is 29.6 Å². The van der Waals surface area contributed by atoms with Crippen LogP contribution in [0.1, 0.15) is 52.4 Å². The minimum Gasteiger partial charge on any atom is -0.481 e. The number of carbonyl (C=O) groups excluding carboxylic acids is 1. The van der Waals surface area contributed by atoms with E-state index in [1.165, 1.54) is 54.8 Å². The molecule has 0 atom stereocenters. The SMILES string of the molecule is C=CC(F)(F)Oc1ccc(N(Cc2ccc(C(=O)NCCC(=O)O)cc2)C2=C=CC(c3cc(C(F)(F)F)cc(C(F)(F)CC)c3)=CS2)cc1. The van der Waals surface area contributed by atoms with E-state index in [1.807, 2.05) is 0 Å². The Morgan fingerprint density at radius 3 is 2.18 bits per heavy atom. The van der Waals surface area contributed by atoms with Gasteiger partial charge in [0.1, 0.15) is 10.8 Å². The van der Waals surface area contributed by atoms with Gasteiger partial charge in [0.2, 0.25) is 0 Å². The van der Waals surface area contributed by atoms with Crippen LogP contribution >= 0.6 is 11.8 Å². The minimum atomic E-state index is -4.86. The molecule has 1 aliphatic rings. The predicted molar refractivity (Wildman–Crippen MR) is 172 cm³/mol. The van der Waals surface area contributed by atoms with E-state index in [9.17, 15) is 40.3 Å². The number of nitrogens with zero attached hydrogens (tertiary/aromatic N) is 1. The first-order valence-corrected chi connectivity index (χ1v) is 15.5. The van der Waals surface area contributed by atoms with Crippen molar-refractivity contribution in [2.24, 2.45) is 0 Å². The Kier molecular flexibility index (Phi) is 11.4. The lowest BCUT2D eigenvalue weighted by molar-refractivity contribution is -0.138. The van der Waals surface area contributed by atoms with Gasteiger partial charge in [-0.2, -0.15) is 22.0 Å². The van der Waals surface area contributed by atoms with E-state index >= 15 is 0 Å². The molecule has 3 aromatic rings. The van der Waals surface area contributed by atoms with Crippen molar-refractivity contribution in [1.29, 1.82) is 0 Å². The predicted octanol–water partition coefficient (Wildman–Crippen LogP) is 9.36. The van der Waals surface area contributed by atoms with Crippen LogP contribution in [0, 0.1) is 0 Å². The highest BCUT2D eigenvalue weighted by Crippen LogP contribution is 2.41. The van der Waals surface area contributed by atoms with Crippen molar-refractivity contribution >= 4 is 34.9 Å². The molecule has 0 fully saturated rings. The Labute approximate surface area is 281 Å². The van der Waals surface area contributed by atoms with Crippen LogP contribution in [0.15, 0.2) is 102 Å². The fourth-order valence-electron chi connectivity index (χ4n) is 4.50. The molecule has 0 spiro atoms. The topological polar surface area (TPSA) is 78.9 Å². The van der Waals surface area contributed by atoms with Gasteiger partial charge in [-0.1, -0.05) is 43.1 Å². The third-order valence-corrected chi connectivity index (χ3v) is 8.11. The number of rotatable bonds is 14. The number of nitrogens with one attached hydrogen (secondary N) is 1. The van der Waals surface area contributed by atoms with Crippen LogP contribution < -0.4 is 15.0 Å². The van der Waals surface area contributed by atoms with Gasteiger partial charge in [-0.3, -0.25) is 9.59 Å². The molecular weight excluding hydrogens is 677 g/mol. The molecule has 14 heteroatoms. The number of hydrogen-bond donors (Lipinski definition) is 2. The third kappa shape index (κ3) is 9.80. The molecule has 4 rings (SSSR count). The molecule has 0 saturated heterocycles. The van der Waals surface area contributed by atoms with Gasteiger partial charge in [0.15, 0.2) is 0 Å². The van der Waals surface area contributed by atoms with E-state index in [4.69, 9.17) is 5.11 Å². The number of amides is 1. The Morgan fingerprint density at radius 1 is 0.980 bits per heavy atom. The van der Waals surface area contributed by atoms with Gasteiger partial charge in [0.05, 0.1) is 12.0 Å². The molecular formula is C35H29F7N2O4S. The summed E-state index contributed by atoms with van der Waals surface area (Å²) < 4.78 is 102. The average Bonchev–Trinajstić information content (AvgIpc) is 3.07. The Hall–Kier alpha value is -4.94. The molecule has 6 nitrogen and oxygen atoms in total. The number of alkyl halides is 7. The molecule has 0 bridgehead atoms. The smallest absolute Gasteiger partial charge is 0.419 e. The summed E-state index contributed by atoms with van der Waals surface area (Å²) in [4.78, 5) is 24.8. The van der Waals surface area contributed by atoms with Crippen molar-refractivity contribution in [3.8, 4) is 5.75 Å². The molecule has 0 saturated carbocycles. The summed E-state index contributed by atoms with van der Waals surface area (Å²) in [6.45, 7) is 4.30. The fraction of sp³-hybridized carbons (Fsp3) is 0.229. The van der Waals surface area contributed by atoms with Crippen molar-refractivity contribution in [1.82, 2.24) is 5.32 Å². The third-order valence-electron chi connectivity index (χ3n) is 7.18. The van der Waals surface area contributed by atoms with Gasteiger partial charge in [-0.25, -0.2) is 8.78 Å². The number of carbonyl (C=O) groups is 2. The lowest BCUT2D eigenvalue weighted by Gasteiger charge is -2.27. The highest BCUT2D eigenvalue weighted by molar-refractivity contribution is 8.06. The number of ether oxygens (including phenoxy) is 1. The van der Waals surface area contributed by atoms with Gasteiger partial charge in [0, 0.05) is 42.4 Å². The summed E-state index contributed by atoms with van der Waals surface area (Å²) in [5, 5.41) is 13.2. The van der Waals surface area contributed by atoms with E-state index in [0.29, 0.717) is 28.4 Å². The highest BCUT2D eigenvalue weighted by Gasteiger charge is 2.36. The van der Waals surface area contributed by atoms with E-state index in [1.54, 1.807) is 17.0 Å². The Balaban J connectivity index is 1.67. The molecule has 1 heterocycles. The molecule has 0 radical (unpaired) electrons. The number of allylic oxidation sites excluding steroid dienone is 2. The Bertz CT molecular complexity index is 1800. The van der Waals surface area contributed by atoms with Crippen LogP contribution in [0.5, 0.6) is 5.75 Å².